The van der Waals surface area contributed by atoms with Crippen molar-refractivity contribution >= 4 is 44.1 Å². The molecule has 56 heavy (non-hydrogen) atoms. The van der Waals surface area contributed by atoms with Gasteiger partial charge in [-0.25, -0.2) is 0 Å². The van der Waals surface area contributed by atoms with Gasteiger partial charge in [0.15, 0.2) is 0 Å². The van der Waals surface area contributed by atoms with Crippen LogP contribution >= 0.6 is 0 Å². The minimum atomic E-state index is -0.489. The molecule has 1 saturated heterocycles. The fraction of sp³-hybridized carbons (Fsp3) is 0.170. The first-order valence-electron chi connectivity index (χ1n) is 20.1. The van der Waals surface area contributed by atoms with Crippen LogP contribution in [0, 0.1) is 13.8 Å². The first-order chi connectivity index (χ1) is 27.6. The van der Waals surface area contributed by atoms with E-state index in [0.717, 1.165) is 32.1 Å². The van der Waals surface area contributed by atoms with Gasteiger partial charge in [0.05, 0.1) is 18.6 Å². The van der Waals surface area contributed by atoms with E-state index in [1.165, 1.54) is 99.2 Å². The van der Waals surface area contributed by atoms with Crippen molar-refractivity contribution in [1.29, 1.82) is 0 Å². The molecule has 2 unspecified atom stereocenters. The Labute approximate surface area is 327 Å². The molecular formula is C53H41NO2. The van der Waals surface area contributed by atoms with Gasteiger partial charge in [-0.15, -0.1) is 0 Å². The summed E-state index contributed by atoms with van der Waals surface area (Å²) in [5, 5.41) is 7.78. The number of morpholine rings is 1. The molecule has 2 atom stereocenters. The number of hydrogen-bond acceptors (Lipinski definition) is 3. The van der Waals surface area contributed by atoms with Crippen molar-refractivity contribution in [1.82, 2.24) is 0 Å². The summed E-state index contributed by atoms with van der Waals surface area (Å²) in [6, 6.07) is 52.7. The minimum Gasteiger partial charge on any atom is -0.484 e. The van der Waals surface area contributed by atoms with E-state index in [4.69, 9.17) is 9.47 Å². The lowest BCUT2D eigenvalue weighted by atomic mass is 9.68. The Hall–Kier alpha value is -6.16. The number of benzene rings is 8. The first-order valence-corrected chi connectivity index (χ1v) is 20.1. The Morgan fingerprint density at radius 3 is 2.04 bits per heavy atom. The van der Waals surface area contributed by atoms with Gasteiger partial charge >= 0.3 is 0 Å². The highest BCUT2D eigenvalue weighted by atomic mass is 16.5. The highest BCUT2D eigenvalue weighted by molar-refractivity contribution is 6.19. The van der Waals surface area contributed by atoms with Gasteiger partial charge in [-0.1, -0.05) is 139 Å². The molecule has 0 N–H and O–H groups in total. The van der Waals surface area contributed by atoms with Gasteiger partial charge in [0.2, 0.25) is 0 Å². The van der Waals surface area contributed by atoms with E-state index in [-0.39, 0.29) is 12.0 Å². The smallest absolute Gasteiger partial charge is 0.135 e. The standard InChI is InChI=1S/C53H41NO2/c1-32-14-22-39-42(30-32)52-41(24-25-46(56-52)47(34-8-4-3-5-9-34)37-18-20-38(21-19-37)54-26-28-55-29-27-54)51-50(39)40-23-15-33(2)31-45(40)53(51)43-12-6-10-35-16-17-36-11-7-13-44(53)49(36)48(35)43/h3-25,30-31,46-47H,26-29H2,1-2H3. The lowest BCUT2D eigenvalue weighted by Gasteiger charge is -2.36. The maximum atomic E-state index is 7.58. The summed E-state index contributed by atoms with van der Waals surface area (Å²) in [6.07, 6.45) is 4.56. The van der Waals surface area contributed by atoms with Crippen molar-refractivity contribution in [2.75, 3.05) is 31.2 Å². The van der Waals surface area contributed by atoms with Crippen molar-refractivity contribution < 1.29 is 9.47 Å². The molecule has 3 nitrogen and oxygen atoms in total. The van der Waals surface area contributed by atoms with Gasteiger partial charge < -0.3 is 14.4 Å². The quantitative estimate of drug-likeness (QED) is 0.169. The first kappa shape index (κ1) is 32.1. The predicted octanol–water partition coefficient (Wildman–Crippen LogP) is 11.9. The van der Waals surface area contributed by atoms with Crippen LogP contribution in [0.15, 0.2) is 146 Å². The highest BCUT2D eigenvalue weighted by Gasteiger charge is 2.53. The van der Waals surface area contributed by atoms with Crippen LogP contribution in [0.3, 0.4) is 0 Å². The summed E-state index contributed by atoms with van der Waals surface area (Å²) in [5.41, 5.74) is 15.1. The zero-order chi connectivity index (χ0) is 37.1. The van der Waals surface area contributed by atoms with Gasteiger partial charge in [-0.2, -0.15) is 0 Å². The zero-order valence-corrected chi connectivity index (χ0v) is 31.7. The Morgan fingerprint density at radius 1 is 0.625 bits per heavy atom. The maximum absolute atomic E-state index is 7.58. The van der Waals surface area contributed by atoms with E-state index in [9.17, 15) is 0 Å². The molecule has 0 bridgehead atoms. The van der Waals surface area contributed by atoms with Crippen LogP contribution in [-0.2, 0) is 10.2 Å². The fourth-order valence-electron chi connectivity index (χ4n) is 10.8. The summed E-state index contributed by atoms with van der Waals surface area (Å²) in [7, 11) is 0. The summed E-state index contributed by atoms with van der Waals surface area (Å²) in [5.74, 6) is 0.986. The van der Waals surface area contributed by atoms with Gasteiger partial charge in [0, 0.05) is 35.6 Å². The summed E-state index contributed by atoms with van der Waals surface area (Å²) >= 11 is 0. The molecule has 3 heteroatoms. The maximum Gasteiger partial charge on any atom is 0.135 e. The molecule has 0 saturated carbocycles. The largest absolute Gasteiger partial charge is 0.484 e. The normalized spacial score (nSPS) is 17.8. The van der Waals surface area contributed by atoms with Crippen LogP contribution in [0.4, 0.5) is 5.69 Å². The molecule has 8 aromatic rings. The molecule has 1 fully saturated rings. The average molecular weight is 724 g/mol. The Morgan fingerprint density at radius 2 is 1.30 bits per heavy atom. The number of fused-ring (bicyclic) bond motifs is 12. The van der Waals surface area contributed by atoms with Crippen molar-refractivity contribution in [2.45, 2.75) is 31.3 Å². The predicted molar refractivity (Wildman–Crippen MR) is 231 cm³/mol. The monoisotopic (exact) mass is 723 g/mol. The van der Waals surface area contributed by atoms with Crippen LogP contribution in [0.1, 0.15) is 56.0 Å². The fourth-order valence-corrected chi connectivity index (χ4v) is 10.8. The lowest BCUT2D eigenvalue weighted by molar-refractivity contribution is 0.122. The number of hydrogen-bond donors (Lipinski definition) is 0. The topological polar surface area (TPSA) is 21.7 Å². The zero-order valence-electron chi connectivity index (χ0n) is 31.7. The Kier molecular flexibility index (Phi) is 6.84. The molecule has 2 aliphatic heterocycles. The molecule has 270 valence electrons. The molecule has 2 heterocycles. The van der Waals surface area contributed by atoms with Crippen molar-refractivity contribution in [3.63, 3.8) is 0 Å². The molecular weight excluding hydrogens is 683 g/mol. The van der Waals surface area contributed by atoms with Crippen LogP contribution < -0.4 is 9.64 Å². The lowest BCUT2D eigenvalue weighted by Crippen LogP contribution is -2.36. The van der Waals surface area contributed by atoms with E-state index < -0.39 is 5.41 Å². The van der Waals surface area contributed by atoms with E-state index >= 15 is 0 Å². The number of anilines is 1. The molecule has 2 aliphatic carbocycles. The van der Waals surface area contributed by atoms with Crippen LogP contribution in [0.5, 0.6) is 5.75 Å². The molecule has 0 aromatic heterocycles. The Balaban J connectivity index is 1.11. The van der Waals surface area contributed by atoms with Gasteiger partial charge in [-0.05, 0) is 110 Å². The van der Waals surface area contributed by atoms with Gasteiger partial charge in [0.1, 0.15) is 11.9 Å². The number of nitrogens with zero attached hydrogens (tertiary/aromatic N) is 1. The van der Waals surface area contributed by atoms with Crippen molar-refractivity contribution in [3.05, 3.63) is 196 Å². The second-order valence-electron chi connectivity index (χ2n) is 16.2. The summed E-state index contributed by atoms with van der Waals surface area (Å²) in [4.78, 5) is 2.42. The van der Waals surface area contributed by atoms with Crippen LogP contribution in [0.25, 0.3) is 49.5 Å². The Bertz CT molecular complexity index is 2890. The van der Waals surface area contributed by atoms with Crippen molar-refractivity contribution in [2.24, 2.45) is 0 Å². The average Bonchev–Trinajstić information content (AvgIpc) is 3.72. The van der Waals surface area contributed by atoms with Crippen molar-refractivity contribution in [3.8, 4) is 16.9 Å². The highest BCUT2D eigenvalue weighted by Crippen LogP contribution is 2.66. The minimum absolute atomic E-state index is 0.000471. The molecule has 0 amide bonds. The SMILES string of the molecule is Cc1ccc2c(c1)C1(c3c4c(c5cc(C)ccc5c3-2)OC(C(c2ccccc2)c2ccc(N3CCOCC3)cc2)C=C4)c2cccc3ccc4cccc1c4c23. The molecule has 4 aliphatic rings. The summed E-state index contributed by atoms with van der Waals surface area (Å²) in [6.45, 7) is 7.82. The number of ether oxygens (including phenoxy) is 2. The van der Waals surface area contributed by atoms with Gasteiger partial charge in [-0.3, -0.25) is 0 Å². The summed E-state index contributed by atoms with van der Waals surface area (Å²) < 4.78 is 13.2. The molecule has 8 aromatic carbocycles. The molecule has 12 rings (SSSR count). The van der Waals surface area contributed by atoms with E-state index in [0.29, 0.717) is 0 Å². The van der Waals surface area contributed by atoms with Gasteiger partial charge in [0.25, 0.3) is 0 Å². The molecule has 0 radical (unpaired) electrons. The van der Waals surface area contributed by atoms with E-state index in [1.54, 1.807) is 0 Å². The number of aryl methyl sites for hydroxylation is 2. The van der Waals surface area contributed by atoms with Crippen LogP contribution in [-0.4, -0.2) is 32.4 Å². The third-order valence-electron chi connectivity index (χ3n) is 13.2. The number of rotatable bonds is 4. The van der Waals surface area contributed by atoms with E-state index in [2.05, 4.69) is 170 Å². The van der Waals surface area contributed by atoms with Crippen LogP contribution in [0.2, 0.25) is 0 Å². The van der Waals surface area contributed by atoms with E-state index in [1.807, 2.05) is 0 Å². The third-order valence-corrected chi connectivity index (χ3v) is 13.2. The second kappa shape index (κ2) is 11.9. The third kappa shape index (κ3) is 4.32. The molecule has 1 spiro atoms. The second-order valence-corrected chi connectivity index (χ2v) is 16.2.